The predicted molar refractivity (Wildman–Crippen MR) is 102 cm³/mol. The lowest BCUT2D eigenvalue weighted by Gasteiger charge is -2.39. The highest BCUT2D eigenvalue weighted by molar-refractivity contribution is 5.94. The lowest BCUT2D eigenvalue weighted by atomic mass is 9.91. The minimum Gasteiger partial charge on any atom is -0.497 e. The third kappa shape index (κ3) is 3.75. The first-order chi connectivity index (χ1) is 13.9. The Morgan fingerprint density at radius 2 is 1.86 bits per heavy atom. The van der Waals surface area contributed by atoms with Crippen molar-refractivity contribution < 1.29 is 22.7 Å². The third-order valence-electron chi connectivity index (χ3n) is 5.85. The molecule has 0 radical (unpaired) electrons. The number of ether oxygens (including phenoxy) is 1. The van der Waals surface area contributed by atoms with E-state index in [2.05, 4.69) is 4.98 Å². The molecule has 0 aliphatic carbocycles. The normalized spacial score (nSPS) is 21.8. The van der Waals surface area contributed by atoms with Gasteiger partial charge < -0.3 is 14.5 Å². The number of fused-ring (bicyclic) bond motifs is 1. The lowest BCUT2D eigenvalue weighted by molar-refractivity contribution is -0.137. The Labute approximate surface area is 167 Å². The van der Waals surface area contributed by atoms with Crippen LogP contribution in [-0.4, -0.2) is 48.6 Å². The molecular weight excluding hydrogens is 383 g/mol. The molecule has 0 N–H and O–H groups in total. The van der Waals surface area contributed by atoms with E-state index in [1.165, 1.54) is 12.3 Å². The van der Waals surface area contributed by atoms with Gasteiger partial charge in [-0.1, -0.05) is 0 Å². The van der Waals surface area contributed by atoms with Gasteiger partial charge in [0.1, 0.15) is 11.6 Å². The summed E-state index contributed by atoms with van der Waals surface area (Å²) in [6, 6.07) is 9.14. The molecule has 0 bridgehead atoms. The fourth-order valence-electron chi connectivity index (χ4n) is 4.35. The number of carbonyl (C=O) groups excluding carboxylic acids is 1. The van der Waals surface area contributed by atoms with Gasteiger partial charge in [-0.3, -0.25) is 4.79 Å². The predicted octanol–water partition coefficient (Wildman–Crippen LogP) is 3.85. The second-order valence-electron chi connectivity index (χ2n) is 7.45. The number of piperidine rings is 1. The van der Waals surface area contributed by atoms with Crippen LogP contribution in [0.3, 0.4) is 0 Å². The van der Waals surface area contributed by atoms with E-state index in [1.807, 2.05) is 0 Å². The van der Waals surface area contributed by atoms with Crippen LogP contribution in [-0.2, 0) is 6.18 Å². The molecule has 8 heteroatoms. The van der Waals surface area contributed by atoms with Gasteiger partial charge in [0.25, 0.3) is 5.91 Å². The number of halogens is 3. The summed E-state index contributed by atoms with van der Waals surface area (Å²) >= 11 is 0. The van der Waals surface area contributed by atoms with Gasteiger partial charge in [0, 0.05) is 31.4 Å². The standard InChI is InChI=1S/C21H22F3N3O2/c1-29-16-6-4-15(5-7-16)20(28)27-12-9-14-8-11-26(13-18(14)27)19-17(21(22,23)24)3-2-10-25-19/h2-7,10,14,18H,8-9,11-13H2,1H3. The van der Waals surface area contributed by atoms with Gasteiger partial charge in [-0.15, -0.1) is 0 Å². The molecule has 3 heterocycles. The summed E-state index contributed by atoms with van der Waals surface area (Å²) in [6.45, 7) is 1.47. The van der Waals surface area contributed by atoms with Gasteiger partial charge in [0.2, 0.25) is 0 Å². The van der Waals surface area contributed by atoms with Crippen molar-refractivity contribution in [2.75, 3.05) is 31.6 Å². The molecule has 2 aliphatic heterocycles. The number of nitrogens with zero attached hydrogens (tertiary/aromatic N) is 3. The Balaban J connectivity index is 1.56. The number of hydrogen-bond acceptors (Lipinski definition) is 4. The summed E-state index contributed by atoms with van der Waals surface area (Å²) in [5, 5.41) is 0. The average Bonchev–Trinajstić information content (AvgIpc) is 3.16. The molecule has 5 nitrogen and oxygen atoms in total. The van der Waals surface area contributed by atoms with Crippen LogP contribution in [0.5, 0.6) is 5.75 Å². The second kappa shape index (κ2) is 7.57. The Hall–Kier alpha value is -2.77. The molecule has 1 aromatic carbocycles. The molecule has 1 amide bonds. The smallest absolute Gasteiger partial charge is 0.419 e. The van der Waals surface area contributed by atoms with Crippen LogP contribution in [0.1, 0.15) is 28.8 Å². The number of benzene rings is 1. The van der Waals surface area contributed by atoms with Crippen molar-refractivity contribution in [3.8, 4) is 5.75 Å². The zero-order valence-corrected chi connectivity index (χ0v) is 16.0. The van der Waals surface area contributed by atoms with Crippen molar-refractivity contribution in [1.82, 2.24) is 9.88 Å². The fraction of sp³-hybridized carbons (Fsp3) is 0.429. The van der Waals surface area contributed by atoms with Gasteiger partial charge in [0.15, 0.2) is 0 Å². The molecule has 2 atom stereocenters. The molecule has 0 saturated carbocycles. The number of methoxy groups -OCH3 is 1. The van der Waals surface area contributed by atoms with E-state index in [1.54, 1.807) is 41.2 Å². The molecule has 2 saturated heterocycles. The molecule has 29 heavy (non-hydrogen) atoms. The largest absolute Gasteiger partial charge is 0.497 e. The third-order valence-corrected chi connectivity index (χ3v) is 5.85. The summed E-state index contributed by atoms with van der Waals surface area (Å²) in [6.07, 6.45) is -1.47. The van der Waals surface area contributed by atoms with E-state index in [-0.39, 0.29) is 17.8 Å². The van der Waals surface area contributed by atoms with Gasteiger partial charge in [-0.05, 0) is 55.2 Å². The average molecular weight is 405 g/mol. The highest BCUT2D eigenvalue weighted by Crippen LogP contribution is 2.39. The van der Waals surface area contributed by atoms with Crippen LogP contribution in [0.2, 0.25) is 0 Å². The first kappa shape index (κ1) is 19.5. The number of pyridine rings is 1. The Kier molecular flexibility index (Phi) is 5.10. The summed E-state index contributed by atoms with van der Waals surface area (Å²) in [7, 11) is 1.56. The second-order valence-corrected chi connectivity index (χ2v) is 7.45. The number of aromatic nitrogens is 1. The van der Waals surface area contributed by atoms with E-state index >= 15 is 0 Å². The van der Waals surface area contributed by atoms with Crippen molar-refractivity contribution in [3.63, 3.8) is 0 Å². The molecule has 4 rings (SSSR count). The first-order valence-corrected chi connectivity index (χ1v) is 9.60. The monoisotopic (exact) mass is 405 g/mol. The van der Waals surface area contributed by atoms with E-state index in [4.69, 9.17) is 4.74 Å². The van der Waals surface area contributed by atoms with Gasteiger partial charge in [-0.2, -0.15) is 13.2 Å². The van der Waals surface area contributed by atoms with Gasteiger partial charge >= 0.3 is 6.18 Å². The van der Waals surface area contributed by atoms with Crippen molar-refractivity contribution in [3.05, 3.63) is 53.7 Å². The summed E-state index contributed by atoms with van der Waals surface area (Å²) in [5.74, 6) is 0.812. The van der Waals surface area contributed by atoms with E-state index < -0.39 is 11.7 Å². The Bertz CT molecular complexity index is 885. The van der Waals surface area contributed by atoms with Crippen molar-refractivity contribution in [1.29, 1.82) is 0 Å². The molecule has 2 unspecified atom stereocenters. The fourth-order valence-corrected chi connectivity index (χ4v) is 4.35. The van der Waals surface area contributed by atoms with Crippen LogP contribution in [0.25, 0.3) is 0 Å². The Morgan fingerprint density at radius 3 is 2.55 bits per heavy atom. The maximum atomic E-state index is 13.4. The lowest BCUT2D eigenvalue weighted by Crippen LogP contribution is -2.50. The molecule has 154 valence electrons. The number of alkyl halides is 3. The van der Waals surface area contributed by atoms with Crippen LogP contribution in [0.15, 0.2) is 42.6 Å². The topological polar surface area (TPSA) is 45.7 Å². The number of anilines is 1. The number of hydrogen-bond donors (Lipinski definition) is 0. The first-order valence-electron chi connectivity index (χ1n) is 9.60. The highest BCUT2D eigenvalue weighted by atomic mass is 19.4. The summed E-state index contributed by atoms with van der Waals surface area (Å²) in [4.78, 5) is 20.5. The molecule has 1 aromatic heterocycles. The van der Waals surface area contributed by atoms with Crippen LogP contribution >= 0.6 is 0 Å². The van der Waals surface area contributed by atoms with Gasteiger partial charge in [-0.25, -0.2) is 4.98 Å². The molecule has 2 fully saturated rings. The molecule has 2 aromatic rings. The number of likely N-dealkylation sites (tertiary alicyclic amines) is 1. The number of rotatable bonds is 3. The van der Waals surface area contributed by atoms with E-state index in [0.717, 1.165) is 18.9 Å². The molecule has 0 spiro atoms. The van der Waals surface area contributed by atoms with Crippen molar-refractivity contribution in [2.24, 2.45) is 5.92 Å². The summed E-state index contributed by atoms with van der Waals surface area (Å²) in [5.41, 5.74) is -0.179. The zero-order valence-electron chi connectivity index (χ0n) is 16.0. The van der Waals surface area contributed by atoms with Crippen LogP contribution in [0.4, 0.5) is 19.0 Å². The zero-order chi connectivity index (χ0) is 20.6. The minimum atomic E-state index is -4.46. The highest BCUT2D eigenvalue weighted by Gasteiger charge is 2.43. The van der Waals surface area contributed by atoms with E-state index in [0.29, 0.717) is 36.9 Å². The van der Waals surface area contributed by atoms with Crippen LogP contribution in [0, 0.1) is 5.92 Å². The quantitative estimate of drug-likeness (QED) is 0.778. The number of amides is 1. The number of carbonyl (C=O) groups is 1. The van der Waals surface area contributed by atoms with Crippen LogP contribution < -0.4 is 9.64 Å². The van der Waals surface area contributed by atoms with Crippen molar-refractivity contribution >= 4 is 11.7 Å². The Morgan fingerprint density at radius 1 is 1.14 bits per heavy atom. The maximum absolute atomic E-state index is 13.4. The summed E-state index contributed by atoms with van der Waals surface area (Å²) < 4.78 is 45.4. The van der Waals surface area contributed by atoms with E-state index in [9.17, 15) is 18.0 Å². The van der Waals surface area contributed by atoms with Gasteiger partial charge in [0.05, 0.1) is 18.7 Å². The molecule has 2 aliphatic rings. The minimum absolute atomic E-state index is 0.0535. The molecular formula is C21H22F3N3O2. The van der Waals surface area contributed by atoms with Crippen molar-refractivity contribution in [2.45, 2.75) is 25.1 Å². The maximum Gasteiger partial charge on any atom is 0.419 e. The SMILES string of the molecule is COc1ccc(C(=O)N2CCC3CCN(c4ncccc4C(F)(F)F)CC32)cc1.